The standard InChI is InChI=1S/C19H28N4O4/c1-12-5-3-2-4-8-23(12)17-14-9-22(19(25)26)10-15(14)20-18(21-17)27-16(11-24)13-6-7-13/h12-13,16,24H,2-11H2,1H3,(H,25,26)/t12-,16?/m1/s1. The van der Waals surface area contributed by atoms with E-state index in [1.807, 2.05) is 0 Å². The molecule has 3 heterocycles. The van der Waals surface area contributed by atoms with Gasteiger partial charge in [0, 0.05) is 18.2 Å². The van der Waals surface area contributed by atoms with Gasteiger partial charge < -0.3 is 19.8 Å². The van der Waals surface area contributed by atoms with Crippen LogP contribution in [-0.2, 0) is 13.1 Å². The van der Waals surface area contributed by atoms with E-state index in [9.17, 15) is 15.0 Å². The van der Waals surface area contributed by atoms with Crippen LogP contribution >= 0.6 is 0 Å². The number of aliphatic hydroxyl groups excluding tert-OH is 1. The SMILES string of the molecule is C[C@@H]1CCCCCN1c1nc(OC(CO)C2CC2)nc2c1CN(C(=O)O)C2. The first-order valence-corrected chi connectivity index (χ1v) is 9.98. The number of nitrogens with zero attached hydrogens (tertiary/aromatic N) is 4. The van der Waals surface area contributed by atoms with Gasteiger partial charge in [-0.1, -0.05) is 12.8 Å². The molecular formula is C19H28N4O4. The van der Waals surface area contributed by atoms with E-state index < -0.39 is 6.09 Å². The molecule has 2 aliphatic heterocycles. The molecule has 1 aliphatic carbocycles. The van der Waals surface area contributed by atoms with Gasteiger partial charge in [-0.15, -0.1) is 0 Å². The smallest absolute Gasteiger partial charge is 0.407 e. The maximum Gasteiger partial charge on any atom is 0.407 e. The predicted octanol–water partition coefficient (Wildman–Crippen LogP) is 2.39. The minimum atomic E-state index is -0.948. The van der Waals surface area contributed by atoms with Crippen molar-refractivity contribution >= 4 is 11.9 Å². The topological polar surface area (TPSA) is 99.0 Å². The lowest BCUT2D eigenvalue weighted by atomic mass is 10.1. The predicted molar refractivity (Wildman–Crippen MR) is 98.8 cm³/mol. The van der Waals surface area contributed by atoms with Gasteiger partial charge >= 0.3 is 12.1 Å². The number of ether oxygens (including phenoxy) is 1. The van der Waals surface area contributed by atoms with Crippen LogP contribution in [0.15, 0.2) is 0 Å². The summed E-state index contributed by atoms with van der Waals surface area (Å²) in [5, 5.41) is 19.0. The van der Waals surface area contributed by atoms with Gasteiger partial charge in [-0.2, -0.15) is 9.97 Å². The van der Waals surface area contributed by atoms with E-state index >= 15 is 0 Å². The molecule has 2 N–H and O–H groups in total. The number of hydrogen-bond donors (Lipinski definition) is 2. The molecule has 1 unspecified atom stereocenters. The number of anilines is 1. The van der Waals surface area contributed by atoms with Crippen molar-refractivity contribution in [2.75, 3.05) is 18.1 Å². The normalized spacial score (nSPS) is 23.7. The average molecular weight is 376 g/mol. The molecule has 0 bridgehead atoms. The molecule has 1 aromatic heterocycles. The summed E-state index contributed by atoms with van der Waals surface area (Å²) in [6.07, 6.45) is 5.47. The third kappa shape index (κ3) is 3.81. The maximum atomic E-state index is 11.5. The van der Waals surface area contributed by atoms with Crippen molar-refractivity contribution in [3.05, 3.63) is 11.3 Å². The minimum Gasteiger partial charge on any atom is -0.465 e. The molecule has 27 heavy (non-hydrogen) atoms. The molecule has 1 amide bonds. The lowest BCUT2D eigenvalue weighted by molar-refractivity contribution is 0.0894. The summed E-state index contributed by atoms with van der Waals surface area (Å²) >= 11 is 0. The Morgan fingerprint density at radius 1 is 1.22 bits per heavy atom. The quantitative estimate of drug-likeness (QED) is 0.814. The van der Waals surface area contributed by atoms with Gasteiger partial charge in [-0.3, -0.25) is 4.90 Å². The van der Waals surface area contributed by atoms with E-state index in [4.69, 9.17) is 9.72 Å². The highest BCUT2D eigenvalue weighted by Crippen LogP contribution is 2.37. The van der Waals surface area contributed by atoms with Crippen LogP contribution in [0.25, 0.3) is 0 Å². The summed E-state index contributed by atoms with van der Waals surface area (Å²) in [6, 6.07) is 0.605. The zero-order valence-corrected chi connectivity index (χ0v) is 15.8. The van der Waals surface area contributed by atoms with E-state index in [1.165, 1.54) is 17.7 Å². The van der Waals surface area contributed by atoms with Crippen molar-refractivity contribution in [3.8, 4) is 6.01 Å². The fourth-order valence-corrected chi connectivity index (χ4v) is 4.12. The highest BCUT2D eigenvalue weighted by atomic mass is 16.5. The molecule has 8 heteroatoms. The fourth-order valence-electron chi connectivity index (χ4n) is 4.12. The van der Waals surface area contributed by atoms with Crippen molar-refractivity contribution in [2.45, 2.75) is 70.7 Å². The second-order valence-corrected chi connectivity index (χ2v) is 7.96. The molecule has 2 atom stereocenters. The summed E-state index contributed by atoms with van der Waals surface area (Å²) in [7, 11) is 0. The fraction of sp³-hybridized carbons (Fsp3) is 0.737. The molecular weight excluding hydrogens is 348 g/mol. The van der Waals surface area contributed by atoms with E-state index in [-0.39, 0.29) is 25.3 Å². The number of rotatable bonds is 5. The first-order chi connectivity index (χ1) is 13.1. The zero-order chi connectivity index (χ0) is 19.0. The second-order valence-electron chi connectivity index (χ2n) is 7.96. The van der Waals surface area contributed by atoms with Crippen LogP contribution in [0.1, 0.15) is 56.7 Å². The molecule has 2 fully saturated rings. The largest absolute Gasteiger partial charge is 0.465 e. The molecule has 1 aromatic rings. The lowest BCUT2D eigenvalue weighted by Gasteiger charge is -2.30. The van der Waals surface area contributed by atoms with Gasteiger partial charge in [0.15, 0.2) is 0 Å². The molecule has 0 spiro atoms. The van der Waals surface area contributed by atoms with Crippen LogP contribution in [0.3, 0.4) is 0 Å². The van der Waals surface area contributed by atoms with Crippen LogP contribution in [0.4, 0.5) is 10.6 Å². The Balaban J connectivity index is 1.68. The van der Waals surface area contributed by atoms with Crippen LogP contribution in [-0.4, -0.2) is 56.5 Å². The number of hydrogen-bond acceptors (Lipinski definition) is 6. The summed E-state index contributed by atoms with van der Waals surface area (Å²) in [4.78, 5) is 24.4. The third-order valence-corrected chi connectivity index (χ3v) is 5.92. The monoisotopic (exact) mass is 376 g/mol. The van der Waals surface area contributed by atoms with Crippen molar-refractivity contribution in [2.24, 2.45) is 5.92 Å². The van der Waals surface area contributed by atoms with Crippen LogP contribution in [0.2, 0.25) is 0 Å². The van der Waals surface area contributed by atoms with Crippen LogP contribution < -0.4 is 9.64 Å². The minimum absolute atomic E-state index is 0.0538. The molecule has 4 rings (SSSR count). The van der Waals surface area contributed by atoms with Gasteiger partial charge in [0.1, 0.15) is 11.9 Å². The summed E-state index contributed by atoms with van der Waals surface area (Å²) < 4.78 is 5.94. The number of amides is 1. The molecule has 3 aliphatic rings. The Morgan fingerprint density at radius 2 is 2.04 bits per heavy atom. The van der Waals surface area contributed by atoms with Crippen molar-refractivity contribution in [1.82, 2.24) is 14.9 Å². The summed E-state index contributed by atoms with van der Waals surface area (Å²) in [6.45, 7) is 3.62. The van der Waals surface area contributed by atoms with E-state index in [0.29, 0.717) is 18.5 Å². The first kappa shape index (κ1) is 18.3. The average Bonchev–Trinajstić information content (AvgIpc) is 3.42. The van der Waals surface area contributed by atoms with E-state index in [1.54, 1.807) is 0 Å². The Labute approximate surface area is 159 Å². The Kier molecular flexibility index (Phi) is 5.08. The van der Waals surface area contributed by atoms with Crippen LogP contribution in [0, 0.1) is 5.92 Å². The molecule has 0 aromatic carbocycles. The summed E-state index contributed by atoms with van der Waals surface area (Å²) in [5.74, 6) is 1.17. The molecule has 8 nitrogen and oxygen atoms in total. The number of carboxylic acid groups (broad SMARTS) is 1. The summed E-state index contributed by atoms with van der Waals surface area (Å²) in [5.41, 5.74) is 1.62. The second kappa shape index (κ2) is 7.50. The number of aliphatic hydroxyl groups is 1. The van der Waals surface area contributed by atoms with Crippen LogP contribution in [0.5, 0.6) is 6.01 Å². The van der Waals surface area contributed by atoms with E-state index in [0.717, 1.165) is 49.3 Å². The molecule has 1 saturated carbocycles. The number of carbonyl (C=O) groups is 1. The molecule has 148 valence electrons. The Bertz CT molecular complexity index is 709. The number of aromatic nitrogens is 2. The third-order valence-electron chi connectivity index (χ3n) is 5.92. The maximum absolute atomic E-state index is 11.5. The lowest BCUT2D eigenvalue weighted by Crippen LogP contribution is -2.34. The Morgan fingerprint density at radius 3 is 2.74 bits per heavy atom. The van der Waals surface area contributed by atoms with Crippen molar-refractivity contribution in [3.63, 3.8) is 0 Å². The van der Waals surface area contributed by atoms with Crippen molar-refractivity contribution < 1.29 is 19.7 Å². The molecule has 0 radical (unpaired) electrons. The van der Waals surface area contributed by atoms with Gasteiger partial charge in [0.05, 0.1) is 25.4 Å². The van der Waals surface area contributed by atoms with Gasteiger partial charge in [-0.25, -0.2) is 4.79 Å². The highest BCUT2D eigenvalue weighted by molar-refractivity contribution is 5.67. The number of fused-ring (bicyclic) bond motifs is 1. The molecule has 1 saturated heterocycles. The highest BCUT2D eigenvalue weighted by Gasteiger charge is 2.35. The van der Waals surface area contributed by atoms with Gasteiger partial charge in [-0.05, 0) is 38.5 Å². The van der Waals surface area contributed by atoms with Gasteiger partial charge in [0.25, 0.3) is 0 Å². The zero-order valence-electron chi connectivity index (χ0n) is 15.8. The van der Waals surface area contributed by atoms with E-state index in [2.05, 4.69) is 16.8 Å². The van der Waals surface area contributed by atoms with Gasteiger partial charge in [0.2, 0.25) is 0 Å². The Hall–Kier alpha value is -2.09. The first-order valence-electron chi connectivity index (χ1n) is 9.98. The van der Waals surface area contributed by atoms with Crippen molar-refractivity contribution in [1.29, 1.82) is 0 Å².